The molecule has 0 radical (unpaired) electrons. The summed E-state index contributed by atoms with van der Waals surface area (Å²) < 4.78 is 29.4. The molecule has 138 valence electrons. The summed E-state index contributed by atoms with van der Waals surface area (Å²) in [6, 6.07) is 3.04. The van der Waals surface area contributed by atoms with Gasteiger partial charge in [-0.05, 0) is 12.5 Å². The summed E-state index contributed by atoms with van der Waals surface area (Å²) >= 11 is 7.49. The van der Waals surface area contributed by atoms with Crippen LogP contribution in [0.2, 0.25) is 5.15 Å². The number of hydrogen-bond donors (Lipinski definition) is 1. The fraction of sp³-hybridized carbons (Fsp3) is 0.188. The molecular formula is C16H11ClF2N6OS. The predicted molar refractivity (Wildman–Crippen MR) is 98.5 cm³/mol. The lowest BCUT2D eigenvalue weighted by molar-refractivity contribution is -0.0528. The molecule has 4 rings (SSSR count). The van der Waals surface area contributed by atoms with Crippen molar-refractivity contribution in [1.29, 1.82) is 0 Å². The maximum absolute atomic E-state index is 12.2. The minimum absolute atomic E-state index is 0.131. The van der Waals surface area contributed by atoms with Crippen molar-refractivity contribution in [1.82, 2.24) is 25.1 Å². The van der Waals surface area contributed by atoms with Gasteiger partial charge in [0.05, 0.1) is 10.2 Å². The average molecular weight is 409 g/mol. The van der Waals surface area contributed by atoms with Gasteiger partial charge in [-0.3, -0.25) is 0 Å². The maximum Gasteiger partial charge on any atom is 0.388 e. The Morgan fingerprint density at radius 3 is 2.81 bits per heavy atom. The number of fused-ring (bicyclic) bond motifs is 3. The third kappa shape index (κ3) is 3.45. The number of nitrogens with zero attached hydrogens (tertiary/aromatic N) is 5. The van der Waals surface area contributed by atoms with Gasteiger partial charge in [0, 0.05) is 29.8 Å². The molecule has 0 aliphatic rings. The van der Waals surface area contributed by atoms with E-state index in [-0.39, 0.29) is 5.88 Å². The van der Waals surface area contributed by atoms with Crippen molar-refractivity contribution >= 4 is 49.2 Å². The first-order valence-electron chi connectivity index (χ1n) is 7.72. The number of nitrogens with one attached hydrogen (secondary N) is 1. The summed E-state index contributed by atoms with van der Waals surface area (Å²) in [6.07, 6.45) is 2.92. The minimum atomic E-state index is -2.90. The van der Waals surface area contributed by atoms with E-state index in [1.54, 1.807) is 6.07 Å². The number of rotatable bonds is 5. The predicted octanol–water partition coefficient (Wildman–Crippen LogP) is 4.20. The van der Waals surface area contributed by atoms with Gasteiger partial charge in [0.25, 0.3) is 0 Å². The average Bonchev–Trinajstić information content (AvgIpc) is 3.03. The first-order chi connectivity index (χ1) is 13.0. The summed E-state index contributed by atoms with van der Waals surface area (Å²) in [7, 11) is 0. The molecule has 0 aliphatic carbocycles. The number of thiophene rings is 1. The van der Waals surface area contributed by atoms with Crippen LogP contribution >= 0.6 is 22.9 Å². The van der Waals surface area contributed by atoms with Crippen molar-refractivity contribution in [3.63, 3.8) is 0 Å². The Bertz CT molecular complexity index is 1120. The van der Waals surface area contributed by atoms with Crippen LogP contribution in [-0.4, -0.2) is 31.8 Å². The smallest absolute Gasteiger partial charge is 0.388 e. The normalized spacial score (nSPS) is 11.4. The monoisotopic (exact) mass is 408 g/mol. The molecule has 0 saturated carbocycles. The molecule has 0 spiro atoms. The lowest BCUT2D eigenvalue weighted by Gasteiger charge is -2.07. The van der Waals surface area contributed by atoms with Crippen LogP contribution in [0.1, 0.15) is 11.1 Å². The third-order valence-electron chi connectivity index (χ3n) is 3.83. The van der Waals surface area contributed by atoms with E-state index in [9.17, 15) is 8.78 Å². The Labute approximate surface area is 160 Å². The van der Waals surface area contributed by atoms with Gasteiger partial charge in [-0.1, -0.05) is 17.7 Å². The van der Waals surface area contributed by atoms with Crippen LogP contribution < -0.4 is 10.1 Å². The zero-order chi connectivity index (χ0) is 19.0. The second-order valence-electron chi connectivity index (χ2n) is 5.53. The van der Waals surface area contributed by atoms with Crippen molar-refractivity contribution in [2.24, 2.45) is 0 Å². The molecule has 0 fully saturated rings. The molecule has 4 heterocycles. The first kappa shape index (κ1) is 17.7. The SMILES string of the molecule is Cc1c(Cl)nnc2sc3c(NCc4ccc(OC(F)F)nc4)ncnc3c12. The Balaban J connectivity index is 1.62. The largest absolute Gasteiger partial charge is 0.417 e. The summed E-state index contributed by atoms with van der Waals surface area (Å²) in [5.74, 6) is 0.500. The van der Waals surface area contributed by atoms with E-state index in [0.29, 0.717) is 17.5 Å². The van der Waals surface area contributed by atoms with E-state index in [4.69, 9.17) is 11.6 Å². The molecule has 4 aromatic heterocycles. The van der Waals surface area contributed by atoms with Crippen LogP contribution in [0.3, 0.4) is 0 Å². The highest BCUT2D eigenvalue weighted by Gasteiger charge is 2.16. The molecule has 1 N–H and O–H groups in total. The molecule has 0 unspecified atom stereocenters. The summed E-state index contributed by atoms with van der Waals surface area (Å²) in [6.45, 7) is -0.632. The van der Waals surface area contributed by atoms with Gasteiger partial charge in [0.15, 0.2) is 5.15 Å². The number of ether oxygens (including phenoxy) is 1. The van der Waals surface area contributed by atoms with Gasteiger partial charge in [0.1, 0.15) is 17.0 Å². The minimum Gasteiger partial charge on any atom is -0.417 e. The number of hydrogen-bond acceptors (Lipinski definition) is 8. The Kier molecular flexibility index (Phi) is 4.66. The third-order valence-corrected chi connectivity index (χ3v) is 5.26. The zero-order valence-electron chi connectivity index (χ0n) is 13.8. The highest BCUT2D eigenvalue weighted by atomic mass is 35.5. The summed E-state index contributed by atoms with van der Waals surface area (Å²) in [5.41, 5.74) is 2.35. The van der Waals surface area contributed by atoms with Crippen molar-refractivity contribution < 1.29 is 13.5 Å². The van der Waals surface area contributed by atoms with Crippen LogP contribution in [0.25, 0.3) is 20.4 Å². The lowest BCUT2D eigenvalue weighted by Crippen LogP contribution is -2.05. The summed E-state index contributed by atoms with van der Waals surface area (Å²) in [4.78, 5) is 13.2. The van der Waals surface area contributed by atoms with E-state index in [0.717, 1.165) is 31.6 Å². The van der Waals surface area contributed by atoms with Gasteiger partial charge in [-0.25, -0.2) is 15.0 Å². The van der Waals surface area contributed by atoms with Gasteiger partial charge in [-0.2, -0.15) is 8.78 Å². The molecule has 27 heavy (non-hydrogen) atoms. The Hall–Kier alpha value is -2.72. The molecule has 0 amide bonds. The second-order valence-corrected chi connectivity index (χ2v) is 6.89. The molecule has 0 bridgehead atoms. The van der Waals surface area contributed by atoms with Crippen LogP contribution in [0.15, 0.2) is 24.7 Å². The zero-order valence-corrected chi connectivity index (χ0v) is 15.4. The molecule has 11 heteroatoms. The number of halogens is 3. The van der Waals surface area contributed by atoms with Crippen molar-refractivity contribution in [3.05, 3.63) is 40.9 Å². The van der Waals surface area contributed by atoms with E-state index >= 15 is 0 Å². The first-order valence-corrected chi connectivity index (χ1v) is 8.92. The van der Waals surface area contributed by atoms with Crippen LogP contribution in [-0.2, 0) is 6.54 Å². The number of aromatic nitrogens is 5. The van der Waals surface area contributed by atoms with Crippen LogP contribution in [0.4, 0.5) is 14.6 Å². The highest BCUT2D eigenvalue weighted by Crippen LogP contribution is 2.37. The molecule has 0 atom stereocenters. The topological polar surface area (TPSA) is 85.7 Å². The maximum atomic E-state index is 12.2. The number of aryl methyl sites for hydroxylation is 1. The van der Waals surface area contributed by atoms with Gasteiger partial charge < -0.3 is 10.1 Å². The van der Waals surface area contributed by atoms with Crippen molar-refractivity contribution in [3.8, 4) is 5.88 Å². The number of alkyl halides is 2. The van der Waals surface area contributed by atoms with E-state index in [1.807, 2.05) is 6.92 Å². The van der Waals surface area contributed by atoms with E-state index in [1.165, 1.54) is 29.9 Å². The molecule has 4 aromatic rings. The van der Waals surface area contributed by atoms with Crippen LogP contribution in [0.5, 0.6) is 5.88 Å². The fourth-order valence-corrected chi connectivity index (χ4v) is 3.79. The van der Waals surface area contributed by atoms with E-state index < -0.39 is 6.61 Å². The standard InChI is InChI=1S/C16H11ClF2N6OS/c1-7-10-11-12(27-15(10)25-24-13(7)17)14(23-6-22-11)21-5-8-2-3-9(20-4-8)26-16(18)19/h2-4,6,16H,5H2,1H3,(H,21,22,23). The van der Waals surface area contributed by atoms with Gasteiger partial charge in [0.2, 0.25) is 5.88 Å². The highest BCUT2D eigenvalue weighted by molar-refractivity contribution is 7.26. The Morgan fingerprint density at radius 1 is 1.22 bits per heavy atom. The Morgan fingerprint density at radius 2 is 2.07 bits per heavy atom. The molecule has 7 nitrogen and oxygen atoms in total. The number of pyridine rings is 1. The molecule has 0 aromatic carbocycles. The van der Waals surface area contributed by atoms with Crippen LogP contribution in [0, 0.1) is 6.92 Å². The number of anilines is 1. The molecule has 0 aliphatic heterocycles. The van der Waals surface area contributed by atoms with Crippen molar-refractivity contribution in [2.75, 3.05) is 5.32 Å². The fourth-order valence-electron chi connectivity index (χ4n) is 2.56. The van der Waals surface area contributed by atoms with Gasteiger partial charge >= 0.3 is 6.61 Å². The van der Waals surface area contributed by atoms with E-state index in [2.05, 4.69) is 35.2 Å². The van der Waals surface area contributed by atoms with Gasteiger partial charge in [-0.15, -0.1) is 21.5 Å². The lowest BCUT2D eigenvalue weighted by atomic mass is 10.2. The summed E-state index contributed by atoms with van der Waals surface area (Å²) in [5, 5.41) is 12.5. The second kappa shape index (κ2) is 7.12. The quantitative estimate of drug-likeness (QED) is 0.529. The molecule has 0 saturated heterocycles. The molecular weight excluding hydrogens is 398 g/mol. The van der Waals surface area contributed by atoms with Crippen molar-refractivity contribution in [2.45, 2.75) is 20.1 Å².